The third-order valence-electron chi connectivity index (χ3n) is 2.57. The first-order valence-corrected chi connectivity index (χ1v) is 6.25. The molecular weight excluding hydrogens is 259 g/mol. The number of ether oxygens (including phenoxy) is 1. The van der Waals surface area contributed by atoms with E-state index in [0.717, 1.165) is 5.69 Å². The van der Waals surface area contributed by atoms with E-state index < -0.39 is 0 Å². The molecule has 0 atom stereocenters. The molecule has 0 fully saturated rings. The van der Waals surface area contributed by atoms with Crippen LogP contribution < -0.4 is 10.1 Å². The van der Waals surface area contributed by atoms with Crippen molar-refractivity contribution in [3.8, 4) is 5.75 Å². The van der Waals surface area contributed by atoms with Gasteiger partial charge in [0.05, 0.1) is 6.54 Å². The normalized spacial score (nSPS) is 10.1. The average Bonchev–Trinajstić information content (AvgIpc) is 2.43. The summed E-state index contributed by atoms with van der Waals surface area (Å²) in [7, 11) is 0. The van der Waals surface area contributed by atoms with Gasteiger partial charge >= 0.3 is 0 Å². The van der Waals surface area contributed by atoms with Crippen LogP contribution in [0.1, 0.15) is 16.2 Å². The zero-order chi connectivity index (χ0) is 14.4. The minimum Gasteiger partial charge on any atom is -0.492 e. The summed E-state index contributed by atoms with van der Waals surface area (Å²) >= 11 is 0. The maximum absolute atomic E-state index is 12.9. The Morgan fingerprint density at radius 2 is 2.10 bits per heavy atom. The Morgan fingerprint density at radius 1 is 1.30 bits per heavy atom. The standard InChI is InChI=1S/C15H15FN2O2/c1-11-4-2-7-14(18-11)15(19)17-8-9-20-13-6-3-5-12(16)10-13/h2-7,10H,8-9H2,1H3,(H,17,19). The molecule has 1 aromatic heterocycles. The lowest BCUT2D eigenvalue weighted by molar-refractivity contribution is 0.0942. The quantitative estimate of drug-likeness (QED) is 0.851. The first-order valence-electron chi connectivity index (χ1n) is 6.25. The molecule has 0 aliphatic rings. The number of halogens is 1. The molecule has 0 saturated heterocycles. The van der Waals surface area contributed by atoms with E-state index in [4.69, 9.17) is 4.74 Å². The fourth-order valence-corrected chi connectivity index (χ4v) is 1.65. The van der Waals surface area contributed by atoms with Gasteiger partial charge in [0.2, 0.25) is 0 Å². The zero-order valence-electron chi connectivity index (χ0n) is 11.1. The van der Waals surface area contributed by atoms with Crippen LogP contribution >= 0.6 is 0 Å². The van der Waals surface area contributed by atoms with Crippen molar-refractivity contribution < 1.29 is 13.9 Å². The minimum absolute atomic E-state index is 0.253. The van der Waals surface area contributed by atoms with Gasteiger partial charge in [0.25, 0.3) is 5.91 Å². The van der Waals surface area contributed by atoms with Crippen LogP contribution in [0.5, 0.6) is 5.75 Å². The van der Waals surface area contributed by atoms with E-state index in [0.29, 0.717) is 18.0 Å². The molecule has 2 rings (SSSR count). The highest BCUT2D eigenvalue weighted by atomic mass is 19.1. The first kappa shape index (κ1) is 14.0. The number of hydrogen-bond donors (Lipinski definition) is 1. The summed E-state index contributed by atoms with van der Waals surface area (Å²) in [4.78, 5) is 15.9. The maximum Gasteiger partial charge on any atom is 0.270 e. The predicted molar refractivity (Wildman–Crippen MR) is 73.2 cm³/mol. The fourth-order valence-electron chi connectivity index (χ4n) is 1.65. The molecule has 5 heteroatoms. The Balaban J connectivity index is 1.77. The number of nitrogens with zero attached hydrogens (tertiary/aromatic N) is 1. The van der Waals surface area contributed by atoms with Crippen LogP contribution in [0.25, 0.3) is 0 Å². The Labute approximate surface area is 116 Å². The van der Waals surface area contributed by atoms with Gasteiger partial charge in [-0.3, -0.25) is 4.79 Å². The zero-order valence-corrected chi connectivity index (χ0v) is 11.1. The molecule has 1 aromatic carbocycles. The summed E-state index contributed by atoms with van der Waals surface area (Å²) in [5.41, 5.74) is 1.16. The number of aryl methyl sites for hydroxylation is 1. The van der Waals surface area contributed by atoms with Gasteiger partial charge in [-0.2, -0.15) is 0 Å². The molecule has 1 amide bonds. The largest absolute Gasteiger partial charge is 0.492 e. The summed E-state index contributed by atoms with van der Waals surface area (Å²) in [6.07, 6.45) is 0. The smallest absolute Gasteiger partial charge is 0.270 e. The summed E-state index contributed by atoms with van der Waals surface area (Å²) in [6.45, 7) is 2.41. The van der Waals surface area contributed by atoms with Gasteiger partial charge < -0.3 is 10.1 Å². The SMILES string of the molecule is Cc1cccc(C(=O)NCCOc2cccc(F)c2)n1. The summed E-state index contributed by atoms with van der Waals surface area (Å²) in [5, 5.41) is 2.69. The Bertz CT molecular complexity index is 602. The number of hydrogen-bond acceptors (Lipinski definition) is 3. The summed E-state index contributed by atoms with van der Waals surface area (Å²) in [6, 6.07) is 11.1. The maximum atomic E-state index is 12.9. The second-order valence-electron chi connectivity index (χ2n) is 4.23. The van der Waals surface area contributed by atoms with Gasteiger partial charge in [-0.25, -0.2) is 9.37 Å². The molecule has 0 aliphatic heterocycles. The van der Waals surface area contributed by atoms with Gasteiger partial charge in [-0.05, 0) is 31.2 Å². The highest BCUT2D eigenvalue weighted by molar-refractivity contribution is 5.92. The number of pyridine rings is 1. The van der Waals surface area contributed by atoms with Crippen molar-refractivity contribution in [3.05, 3.63) is 59.7 Å². The van der Waals surface area contributed by atoms with Gasteiger partial charge in [-0.15, -0.1) is 0 Å². The Hall–Kier alpha value is -2.43. The molecule has 1 heterocycles. The van der Waals surface area contributed by atoms with Crippen molar-refractivity contribution in [2.45, 2.75) is 6.92 Å². The van der Waals surface area contributed by atoms with Crippen LogP contribution in [-0.4, -0.2) is 24.0 Å². The van der Waals surface area contributed by atoms with Crippen molar-refractivity contribution in [2.75, 3.05) is 13.2 Å². The molecule has 0 radical (unpaired) electrons. The predicted octanol–water partition coefficient (Wildman–Crippen LogP) is 2.34. The average molecular weight is 274 g/mol. The molecule has 0 aliphatic carbocycles. The van der Waals surface area contributed by atoms with E-state index in [-0.39, 0.29) is 18.3 Å². The summed E-state index contributed by atoms with van der Waals surface area (Å²) < 4.78 is 18.2. The lowest BCUT2D eigenvalue weighted by Gasteiger charge is -2.07. The second-order valence-corrected chi connectivity index (χ2v) is 4.23. The van der Waals surface area contributed by atoms with Crippen molar-refractivity contribution in [1.82, 2.24) is 10.3 Å². The third-order valence-corrected chi connectivity index (χ3v) is 2.57. The van der Waals surface area contributed by atoms with Crippen LogP contribution in [0.3, 0.4) is 0 Å². The van der Waals surface area contributed by atoms with Crippen molar-refractivity contribution in [1.29, 1.82) is 0 Å². The number of nitrogens with one attached hydrogen (secondary N) is 1. The van der Waals surface area contributed by atoms with Crippen molar-refractivity contribution >= 4 is 5.91 Å². The number of amides is 1. The molecule has 0 unspecified atom stereocenters. The van der Waals surface area contributed by atoms with Crippen LogP contribution in [0.4, 0.5) is 4.39 Å². The number of benzene rings is 1. The molecule has 2 aromatic rings. The Morgan fingerprint density at radius 3 is 2.85 bits per heavy atom. The molecular formula is C15H15FN2O2. The van der Waals surface area contributed by atoms with E-state index in [9.17, 15) is 9.18 Å². The lowest BCUT2D eigenvalue weighted by Crippen LogP contribution is -2.28. The number of carbonyl (C=O) groups is 1. The van der Waals surface area contributed by atoms with Gasteiger partial charge in [0.1, 0.15) is 23.9 Å². The minimum atomic E-state index is -0.351. The van der Waals surface area contributed by atoms with Gasteiger partial charge in [-0.1, -0.05) is 12.1 Å². The van der Waals surface area contributed by atoms with Crippen molar-refractivity contribution in [2.24, 2.45) is 0 Å². The molecule has 0 bridgehead atoms. The highest BCUT2D eigenvalue weighted by Gasteiger charge is 2.06. The van der Waals surface area contributed by atoms with E-state index in [1.54, 1.807) is 24.3 Å². The number of aromatic nitrogens is 1. The highest BCUT2D eigenvalue weighted by Crippen LogP contribution is 2.11. The second kappa shape index (κ2) is 6.65. The molecule has 20 heavy (non-hydrogen) atoms. The molecule has 0 spiro atoms. The molecule has 104 valence electrons. The lowest BCUT2D eigenvalue weighted by atomic mass is 10.3. The van der Waals surface area contributed by atoms with Gasteiger partial charge in [0.15, 0.2) is 0 Å². The van der Waals surface area contributed by atoms with Crippen LogP contribution in [-0.2, 0) is 0 Å². The topological polar surface area (TPSA) is 51.2 Å². The van der Waals surface area contributed by atoms with Crippen LogP contribution in [0, 0.1) is 12.7 Å². The van der Waals surface area contributed by atoms with Crippen molar-refractivity contribution in [3.63, 3.8) is 0 Å². The molecule has 4 nitrogen and oxygen atoms in total. The van der Waals surface area contributed by atoms with E-state index >= 15 is 0 Å². The van der Waals surface area contributed by atoms with E-state index in [1.807, 2.05) is 13.0 Å². The van der Waals surface area contributed by atoms with Crippen LogP contribution in [0.2, 0.25) is 0 Å². The first-order chi connectivity index (χ1) is 9.65. The number of carbonyl (C=O) groups excluding carboxylic acids is 1. The molecule has 0 saturated carbocycles. The molecule has 1 N–H and O–H groups in total. The van der Waals surface area contributed by atoms with E-state index in [2.05, 4.69) is 10.3 Å². The van der Waals surface area contributed by atoms with Crippen LogP contribution in [0.15, 0.2) is 42.5 Å². The van der Waals surface area contributed by atoms with E-state index in [1.165, 1.54) is 12.1 Å². The fraction of sp³-hybridized carbons (Fsp3) is 0.200. The number of rotatable bonds is 5. The monoisotopic (exact) mass is 274 g/mol. The summed E-state index contributed by atoms with van der Waals surface area (Å²) in [5.74, 6) is -0.167. The van der Waals surface area contributed by atoms with Gasteiger partial charge in [0, 0.05) is 11.8 Å². The third kappa shape index (κ3) is 4.05. The Kier molecular flexibility index (Phi) is 4.65.